The fourth-order valence-corrected chi connectivity index (χ4v) is 2.71. The maximum atomic E-state index is 12.1. The summed E-state index contributed by atoms with van der Waals surface area (Å²) in [5.74, 6) is 0.696. The molecule has 1 aromatic heterocycles. The Kier molecular flexibility index (Phi) is 4.58. The van der Waals surface area contributed by atoms with E-state index in [2.05, 4.69) is 21.2 Å². The van der Waals surface area contributed by atoms with Gasteiger partial charge in [-0.15, -0.1) is 0 Å². The van der Waals surface area contributed by atoms with Crippen molar-refractivity contribution in [3.05, 3.63) is 50.3 Å². The Hall–Kier alpha value is -1.99. The second-order valence-corrected chi connectivity index (χ2v) is 6.16. The number of fused-ring (bicyclic) bond motifs is 1. The summed E-state index contributed by atoms with van der Waals surface area (Å²) >= 11 is 9.40. The quantitative estimate of drug-likeness (QED) is 0.861. The predicted octanol–water partition coefficient (Wildman–Crippen LogP) is 2.67. The molecule has 2 heterocycles. The van der Waals surface area contributed by atoms with Crippen LogP contribution in [0.25, 0.3) is 0 Å². The molecule has 0 bridgehead atoms. The lowest BCUT2D eigenvalue weighted by molar-refractivity contribution is -0.116. The van der Waals surface area contributed by atoms with Crippen LogP contribution in [-0.4, -0.2) is 23.7 Å². The third kappa shape index (κ3) is 3.68. The molecular weight excluding hydrogens is 388 g/mol. The molecule has 0 radical (unpaired) electrons. The van der Waals surface area contributed by atoms with Crippen molar-refractivity contribution < 1.29 is 14.3 Å². The first-order chi connectivity index (χ1) is 11.0. The van der Waals surface area contributed by atoms with Gasteiger partial charge < -0.3 is 19.4 Å². The number of carbonyl (C=O) groups excluding carboxylic acids is 1. The average Bonchev–Trinajstić information content (AvgIpc) is 2.51. The number of anilines is 1. The fourth-order valence-electron chi connectivity index (χ4n) is 2.13. The van der Waals surface area contributed by atoms with Gasteiger partial charge in [0, 0.05) is 28.9 Å². The number of rotatable bonds is 3. The highest BCUT2D eigenvalue weighted by molar-refractivity contribution is 9.10. The summed E-state index contributed by atoms with van der Waals surface area (Å²) in [5, 5.41) is 3.01. The molecule has 2 aromatic rings. The molecule has 23 heavy (non-hydrogen) atoms. The Morgan fingerprint density at radius 1 is 1.26 bits per heavy atom. The Morgan fingerprint density at radius 3 is 2.70 bits per heavy atom. The summed E-state index contributed by atoms with van der Waals surface area (Å²) in [6.07, 6.45) is 1.55. The largest absolute Gasteiger partial charge is 0.486 e. The number of carbonyl (C=O) groups is 1. The van der Waals surface area contributed by atoms with Gasteiger partial charge in [0.25, 0.3) is 5.56 Å². The normalized spacial score (nSPS) is 12.8. The molecule has 3 rings (SSSR count). The minimum atomic E-state index is -0.372. The van der Waals surface area contributed by atoms with Gasteiger partial charge in [-0.2, -0.15) is 0 Å². The first-order valence-electron chi connectivity index (χ1n) is 6.78. The number of aromatic nitrogens is 1. The first kappa shape index (κ1) is 15.9. The number of nitrogens with zero attached hydrogens (tertiary/aromatic N) is 1. The van der Waals surface area contributed by atoms with E-state index in [0.29, 0.717) is 39.9 Å². The molecule has 0 spiro atoms. The minimum Gasteiger partial charge on any atom is -0.486 e. The van der Waals surface area contributed by atoms with Crippen LogP contribution in [0.3, 0.4) is 0 Å². The molecule has 0 aliphatic carbocycles. The Labute approximate surface area is 145 Å². The van der Waals surface area contributed by atoms with Crippen LogP contribution in [0.15, 0.2) is 39.7 Å². The summed E-state index contributed by atoms with van der Waals surface area (Å²) in [7, 11) is 0. The maximum Gasteiger partial charge on any atom is 0.251 e. The topological polar surface area (TPSA) is 69.6 Å². The smallest absolute Gasteiger partial charge is 0.251 e. The van der Waals surface area contributed by atoms with Gasteiger partial charge in [0.15, 0.2) is 11.5 Å². The molecule has 1 N–H and O–H groups in total. The van der Waals surface area contributed by atoms with E-state index in [1.54, 1.807) is 24.4 Å². The molecule has 1 aliphatic rings. The van der Waals surface area contributed by atoms with Crippen LogP contribution in [0, 0.1) is 0 Å². The number of hydrogen-bond acceptors (Lipinski definition) is 4. The van der Waals surface area contributed by atoms with Crippen LogP contribution in [0.2, 0.25) is 5.02 Å². The third-order valence-corrected chi connectivity index (χ3v) is 3.95. The molecule has 8 heteroatoms. The Balaban J connectivity index is 1.77. The second-order valence-electron chi connectivity index (χ2n) is 4.84. The van der Waals surface area contributed by atoms with E-state index in [9.17, 15) is 9.59 Å². The zero-order valence-electron chi connectivity index (χ0n) is 11.8. The highest BCUT2D eigenvalue weighted by Crippen LogP contribution is 2.37. The zero-order chi connectivity index (χ0) is 16.4. The number of ether oxygens (including phenoxy) is 2. The molecule has 0 saturated carbocycles. The van der Waals surface area contributed by atoms with Crippen molar-refractivity contribution in [2.45, 2.75) is 6.54 Å². The van der Waals surface area contributed by atoms with Gasteiger partial charge in [-0.3, -0.25) is 9.59 Å². The van der Waals surface area contributed by atoms with Crippen molar-refractivity contribution in [2.75, 3.05) is 18.5 Å². The van der Waals surface area contributed by atoms with Crippen molar-refractivity contribution in [1.82, 2.24) is 4.57 Å². The maximum absolute atomic E-state index is 12.1. The molecule has 0 saturated heterocycles. The van der Waals surface area contributed by atoms with Gasteiger partial charge in [-0.1, -0.05) is 11.6 Å². The van der Waals surface area contributed by atoms with Crippen LogP contribution in [0.4, 0.5) is 5.69 Å². The molecule has 0 unspecified atom stereocenters. The highest BCUT2D eigenvalue weighted by Gasteiger charge is 2.16. The van der Waals surface area contributed by atoms with Crippen LogP contribution >= 0.6 is 27.5 Å². The van der Waals surface area contributed by atoms with Crippen LogP contribution in [0.5, 0.6) is 11.5 Å². The SMILES string of the molecule is O=C(Cn1cc(Br)ccc1=O)Nc1cc2c(cc1Cl)OCCO2. The van der Waals surface area contributed by atoms with Gasteiger partial charge in [-0.05, 0) is 22.0 Å². The van der Waals surface area contributed by atoms with Crippen molar-refractivity contribution >= 4 is 39.1 Å². The van der Waals surface area contributed by atoms with Crippen molar-refractivity contribution in [2.24, 2.45) is 0 Å². The summed E-state index contributed by atoms with van der Waals surface area (Å²) < 4.78 is 12.9. The van der Waals surface area contributed by atoms with E-state index in [0.717, 1.165) is 0 Å². The zero-order valence-corrected chi connectivity index (χ0v) is 14.2. The lowest BCUT2D eigenvalue weighted by atomic mass is 10.2. The lowest BCUT2D eigenvalue weighted by Crippen LogP contribution is -2.26. The van der Waals surface area contributed by atoms with E-state index in [1.807, 2.05) is 0 Å². The third-order valence-electron chi connectivity index (χ3n) is 3.17. The van der Waals surface area contributed by atoms with Gasteiger partial charge in [0.1, 0.15) is 19.8 Å². The standard InChI is InChI=1S/C15H12BrClN2O4/c16-9-1-2-15(21)19(7-9)8-14(20)18-11-6-13-12(5-10(11)17)22-3-4-23-13/h1-2,5-7H,3-4,8H2,(H,18,20). The summed E-state index contributed by atoms with van der Waals surface area (Å²) in [6.45, 7) is 0.777. The lowest BCUT2D eigenvalue weighted by Gasteiger charge is -2.20. The van der Waals surface area contributed by atoms with Crippen molar-refractivity contribution in [3.63, 3.8) is 0 Å². The molecule has 0 atom stereocenters. The number of benzene rings is 1. The van der Waals surface area contributed by atoms with Gasteiger partial charge in [-0.25, -0.2) is 0 Å². The highest BCUT2D eigenvalue weighted by atomic mass is 79.9. The van der Waals surface area contributed by atoms with Crippen molar-refractivity contribution in [1.29, 1.82) is 0 Å². The summed E-state index contributed by atoms with van der Waals surface area (Å²) in [4.78, 5) is 23.9. The predicted molar refractivity (Wildman–Crippen MR) is 89.5 cm³/mol. The molecular formula is C15H12BrClN2O4. The van der Waals surface area contributed by atoms with Crippen LogP contribution in [0.1, 0.15) is 0 Å². The van der Waals surface area contributed by atoms with E-state index in [1.165, 1.54) is 10.6 Å². The van der Waals surface area contributed by atoms with Gasteiger partial charge >= 0.3 is 0 Å². The number of halogens is 2. The minimum absolute atomic E-state index is 0.122. The molecule has 6 nitrogen and oxygen atoms in total. The number of pyridine rings is 1. The Morgan fingerprint density at radius 2 is 1.96 bits per heavy atom. The number of amides is 1. The first-order valence-corrected chi connectivity index (χ1v) is 7.95. The number of hydrogen-bond donors (Lipinski definition) is 1. The van der Waals surface area contributed by atoms with Crippen LogP contribution in [-0.2, 0) is 11.3 Å². The van der Waals surface area contributed by atoms with Gasteiger partial charge in [0.05, 0.1) is 10.7 Å². The second kappa shape index (κ2) is 6.64. The molecule has 1 aliphatic heterocycles. The summed E-state index contributed by atoms with van der Waals surface area (Å²) in [6, 6.07) is 6.21. The number of nitrogens with one attached hydrogen (secondary N) is 1. The molecule has 0 fully saturated rings. The average molecular weight is 400 g/mol. The summed E-state index contributed by atoms with van der Waals surface area (Å²) in [5.41, 5.74) is 0.139. The fraction of sp³-hybridized carbons (Fsp3) is 0.200. The van der Waals surface area contributed by atoms with E-state index < -0.39 is 0 Å². The van der Waals surface area contributed by atoms with Crippen LogP contribution < -0.4 is 20.3 Å². The molecule has 1 amide bonds. The molecule has 1 aromatic carbocycles. The monoisotopic (exact) mass is 398 g/mol. The Bertz CT molecular complexity index is 822. The molecule has 120 valence electrons. The van der Waals surface area contributed by atoms with E-state index >= 15 is 0 Å². The van der Waals surface area contributed by atoms with E-state index in [4.69, 9.17) is 21.1 Å². The van der Waals surface area contributed by atoms with E-state index in [-0.39, 0.29) is 18.0 Å². The van der Waals surface area contributed by atoms with Gasteiger partial charge in [0.2, 0.25) is 5.91 Å². The van der Waals surface area contributed by atoms with Crippen molar-refractivity contribution in [3.8, 4) is 11.5 Å².